The molecule has 0 aliphatic carbocycles. The standard InChI is InChI=1S/C16H27BFN3O2/c1-15(2)16(3,4)23-17(22-15)13-11-19-21(12-13)14-5-8-20(9-6-14)10-7-18/h11-12,14H,5-10H2,1-4H3. The molecule has 1 aromatic rings. The number of hydrogen-bond donors (Lipinski definition) is 0. The van der Waals surface area contributed by atoms with Gasteiger partial charge in [-0.25, -0.2) is 4.39 Å². The summed E-state index contributed by atoms with van der Waals surface area (Å²) in [7, 11) is -0.361. The Morgan fingerprint density at radius 3 is 2.39 bits per heavy atom. The first-order chi connectivity index (χ1) is 10.8. The number of alkyl halides is 1. The van der Waals surface area contributed by atoms with Crippen LogP contribution >= 0.6 is 0 Å². The second-order valence-corrected chi connectivity index (χ2v) is 7.60. The average molecular weight is 323 g/mol. The van der Waals surface area contributed by atoms with E-state index in [9.17, 15) is 4.39 Å². The Kier molecular flexibility index (Phi) is 4.55. The Morgan fingerprint density at radius 2 is 1.83 bits per heavy atom. The van der Waals surface area contributed by atoms with Crippen LogP contribution in [0.25, 0.3) is 0 Å². The van der Waals surface area contributed by atoms with Gasteiger partial charge in [-0.15, -0.1) is 0 Å². The third kappa shape index (κ3) is 3.32. The fourth-order valence-electron chi connectivity index (χ4n) is 3.18. The van der Waals surface area contributed by atoms with Gasteiger partial charge in [0.15, 0.2) is 0 Å². The van der Waals surface area contributed by atoms with Crippen molar-refractivity contribution in [3.05, 3.63) is 12.4 Å². The highest BCUT2D eigenvalue weighted by Crippen LogP contribution is 2.36. The third-order valence-electron chi connectivity index (χ3n) is 5.48. The van der Waals surface area contributed by atoms with Crippen LogP contribution in [0.3, 0.4) is 0 Å². The van der Waals surface area contributed by atoms with Crippen molar-refractivity contribution >= 4 is 12.6 Å². The van der Waals surface area contributed by atoms with E-state index in [1.165, 1.54) is 0 Å². The lowest BCUT2D eigenvalue weighted by Gasteiger charge is -2.32. The van der Waals surface area contributed by atoms with E-state index in [-0.39, 0.29) is 25.0 Å². The molecule has 2 fully saturated rings. The Morgan fingerprint density at radius 1 is 1.22 bits per heavy atom. The number of halogens is 1. The number of rotatable bonds is 4. The summed E-state index contributed by atoms with van der Waals surface area (Å²) in [4.78, 5) is 2.18. The van der Waals surface area contributed by atoms with Crippen LogP contribution in [0.5, 0.6) is 0 Å². The van der Waals surface area contributed by atoms with E-state index in [0.29, 0.717) is 12.6 Å². The minimum atomic E-state index is -0.361. The van der Waals surface area contributed by atoms with Crippen LogP contribution in [0.4, 0.5) is 4.39 Å². The van der Waals surface area contributed by atoms with Crippen LogP contribution in [-0.4, -0.2) is 59.3 Å². The summed E-state index contributed by atoms with van der Waals surface area (Å²) in [6.07, 6.45) is 5.89. The highest BCUT2D eigenvalue weighted by atomic mass is 19.1. The first-order valence-electron chi connectivity index (χ1n) is 8.50. The van der Waals surface area contributed by atoms with Gasteiger partial charge >= 0.3 is 7.12 Å². The van der Waals surface area contributed by atoms with Gasteiger partial charge in [0.25, 0.3) is 0 Å². The highest BCUT2D eigenvalue weighted by Gasteiger charge is 2.52. The van der Waals surface area contributed by atoms with Crippen molar-refractivity contribution in [3.8, 4) is 0 Å². The summed E-state index contributed by atoms with van der Waals surface area (Å²) in [6.45, 7) is 10.4. The number of piperidine rings is 1. The first-order valence-corrected chi connectivity index (χ1v) is 8.50. The maximum Gasteiger partial charge on any atom is 0.498 e. The Balaban J connectivity index is 1.64. The van der Waals surface area contributed by atoms with Gasteiger partial charge in [0.05, 0.1) is 17.2 Å². The molecule has 0 unspecified atom stereocenters. The maximum absolute atomic E-state index is 12.4. The zero-order chi connectivity index (χ0) is 16.7. The van der Waals surface area contributed by atoms with Gasteiger partial charge in [0.2, 0.25) is 0 Å². The van der Waals surface area contributed by atoms with Crippen LogP contribution in [0.2, 0.25) is 0 Å². The first kappa shape index (κ1) is 16.9. The van der Waals surface area contributed by atoms with Crippen molar-refractivity contribution in [1.29, 1.82) is 0 Å². The van der Waals surface area contributed by atoms with Crippen molar-refractivity contribution in [1.82, 2.24) is 14.7 Å². The SMILES string of the molecule is CC1(C)OB(c2cnn(C3CCN(CCF)CC3)c2)OC1(C)C. The lowest BCUT2D eigenvalue weighted by atomic mass is 9.82. The van der Waals surface area contributed by atoms with Crippen LogP contribution in [-0.2, 0) is 9.31 Å². The molecule has 0 saturated carbocycles. The zero-order valence-corrected chi connectivity index (χ0v) is 14.6. The monoisotopic (exact) mass is 323 g/mol. The third-order valence-corrected chi connectivity index (χ3v) is 5.48. The van der Waals surface area contributed by atoms with E-state index in [2.05, 4.69) is 37.7 Å². The summed E-state index contributed by atoms with van der Waals surface area (Å²) in [5, 5.41) is 4.52. The van der Waals surface area contributed by atoms with Gasteiger partial charge in [-0.3, -0.25) is 4.68 Å². The van der Waals surface area contributed by atoms with E-state index < -0.39 is 0 Å². The minimum Gasteiger partial charge on any atom is -0.399 e. The molecule has 3 heterocycles. The molecule has 0 spiro atoms. The Hall–Kier alpha value is -0.915. The van der Waals surface area contributed by atoms with Gasteiger partial charge in [-0.05, 0) is 40.5 Å². The summed E-state index contributed by atoms with van der Waals surface area (Å²) >= 11 is 0. The number of likely N-dealkylation sites (tertiary alicyclic amines) is 1. The van der Waals surface area contributed by atoms with E-state index in [1.807, 2.05) is 17.1 Å². The molecule has 0 aromatic carbocycles. The molecule has 0 atom stereocenters. The van der Waals surface area contributed by atoms with Gasteiger partial charge < -0.3 is 14.2 Å². The van der Waals surface area contributed by atoms with E-state index in [0.717, 1.165) is 31.4 Å². The summed E-state index contributed by atoms with van der Waals surface area (Å²) in [5.41, 5.74) is 0.296. The lowest BCUT2D eigenvalue weighted by Crippen LogP contribution is -2.41. The lowest BCUT2D eigenvalue weighted by molar-refractivity contribution is 0.00578. The molecule has 7 heteroatoms. The Labute approximate surface area is 138 Å². The van der Waals surface area contributed by atoms with E-state index >= 15 is 0 Å². The maximum atomic E-state index is 12.4. The van der Waals surface area contributed by atoms with Gasteiger partial charge in [0, 0.05) is 37.5 Å². The number of aromatic nitrogens is 2. The summed E-state index contributed by atoms with van der Waals surface area (Å²) in [6, 6.07) is 0.377. The quantitative estimate of drug-likeness (QED) is 0.792. The normalized spacial score (nSPS) is 25.2. The number of nitrogens with zero attached hydrogens (tertiary/aromatic N) is 3. The molecule has 0 N–H and O–H groups in total. The van der Waals surface area contributed by atoms with Crippen molar-refractivity contribution < 1.29 is 13.7 Å². The van der Waals surface area contributed by atoms with Gasteiger partial charge in [-0.1, -0.05) is 0 Å². The van der Waals surface area contributed by atoms with Gasteiger partial charge in [-0.2, -0.15) is 5.10 Å². The molecule has 2 aliphatic rings. The Bertz CT molecular complexity index is 525. The van der Waals surface area contributed by atoms with Gasteiger partial charge in [0.1, 0.15) is 6.67 Å². The van der Waals surface area contributed by atoms with Crippen molar-refractivity contribution in [2.75, 3.05) is 26.3 Å². The predicted molar refractivity (Wildman–Crippen MR) is 88.6 cm³/mol. The van der Waals surface area contributed by atoms with Crippen LogP contribution in [0.15, 0.2) is 12.4 Å². The molecule has 128 valence electrons. The molecule has 3 rings (SSSR count). The molecular formula is C16H27BFN3O2. The molecule has 1 aromatic heterocycles. The van der Waals surface area contributed by atoms with E-state index in [1.54, 1.807) is 0 Å². The molecule has 2 aliphatic heterocycles. The smallest absolute Gasteiger partial charge is 0.399 e. The molecular weight excluding hydrogens is 296 g/mol. The molecule has 0 amide bonds. The number of hydrogen-bond acceptors (Lipinski definition) is 4. The van der Waals surface area contributed by atoms with Crippen LogP contribution in [0, 0.1) is 0 Å². The zero-order valence-electron chi connectivity index (χ0n) is 14.6. The predicted octanol–water partition coefficient (Wildman–Crippen LogP) is 1.79. The second-order valence-electron chi connectivity index (χ2n) is 7.60. The average Bonchev–Trinajstić information content (AvgIpc) is 3.04. The molecule has 2 saturated heterocycles. The molecule has 0 radical (unpaired) electrons. The molecule has 5 nitrogen and oxygen atoms in total. The minimum absolute atomic E-state index is 0.265. The highest BCUT2D eigenvalue weighted by molar-refractivity contribution is 6.61. The second kappa shape index (κ2) is 6.18. The van der Waals surface area contributed by atoms with Crippen molar-refractivity contribution in [3.63, 3.8) is 0 Å². The van der Waals surface area contributed by atoms with Crippen molar-refractivity contribution in [2.24, 2.45) is 0 Å². The van der Waals surface area contributed by atoms with E-state index in [4.69, 9.17) is 9.31 Å². The van der Waals surface area contributed by atoms with Crippen molar-refractivity contribution in [2.45, 2.75) is 57.8 Å². The molecule has 23 heavy (non-hydrogen) atoms. The largest absolute Gasteiger partial charge is 0.498 e. The van der Waals surface area contributed by atoms with Crippen LogP contribution in [0.1, 0.15) is 46.6 Å². The summed E-state index contributed by atoms with van der Waals surface area (Å²) in [5.74, 6) is 0. The summed E-state index contributed by atoms with van der Waals surface area (Å²) < 4.78 is 26.6. The fraction of sp³-hybridized carbons (Fsp3) is 0.812. The molecule has 0 bridgehead atoms. The topological polar surface area (TPSA) is 39.5 Å². The van der Waals surface area contributed by atoms with Crippen LogP contribution < -0.4 is 5.46 Å². The fourth-order valence-corrected chi connectivity index (χ4v) is 3.18.